The summed E-state index contributed by atoms with van der Waals surface area (Å²) in [5.74, 6) is 3.47. The van der Waals surface area contributed by atoms with Crippen molar-refractivity contribution in [2.75, 3.05) is 37.6 Å². The molecule has 0 unspecified atom stereocenters. The Balaban J connectivity index is 1.23. The van der Waals surface area contributed by atoms with Crippen molar-refractivity contribution < 1.29 is 4.52 Å². The van der Waals surface area contributed by atoms with Crippen molar-refractivity contribution in [2.45, 2.75) is 45.4 Å². The summed E-state index contributed by atoms with van der Waals surface area (Å²) >= 11 is 0. The van der Waals surface area contributed by atoms with Gasteiger partial charge in [0.2, 0.25) is 5.89 Å². The molecule has 0 amide bonds. The molecule has 3 heterocycles. The van der Waals surface area contributed by atoms with Crippen molar-refractivity contribution in [3.63, 3.8) is 0 Å². The molecule has 146 valence electrons. The van der Waals surface area contributed by atoms with Gasteiger partial charge in [0.25, 0.3) is 5.95 Å². The van der Waals surface area contributed by atoms with E-state index < -0.39 is 0 Å². The van der Waals surface area contributed by atoms with Gasteiger partial charge in [-0.25, -0.2) is 0 Å². The number of aromatic nitrogens is 2. The Kier molecular flexibility index (Phi) is 5.77. The number of rotatable bonds is 6. The first-order valence-electron chi connectivity index (χ1n) is 10.5. The number of piperidine rings is 1. The fourth-order valence-electron chi connectivity index (χ4n) is 4.52. The van der Waals surface area contributed by atoms with Gasteiger partial charge in [0.15, 0.2) is 0 Å². The molecule has 0 spiro atoms. The highest BCUT2D eigenvalue weighted by Crippen LogP contribution is 2.33. The lowest BCUT2D eigenvalue weighted by Gasteiger charge is -2.34. The Morgan fingerprint density at radius 1 is 1.04 bits per heavy atom. The molecule has 0 saturated carbocycles. The third-order valence-corrected chi connectivity index (χ3v) is 6.29. The number of hydrogen-bond donors (Lipinski definition) is 0. The average Bonchev–Trinajstić information content (AvgIpc) is 3.37. The molecule has 2 fully saturated rings. The lowest BCUT2D eigenvalue weighted by molar-refractivity contribution is 0.154. The van der Waals surface area contributed by atoms with E-state index in [1.54, 1.807) is 0 Å². The lowest BCUT2D eigenvalue weighted by Crippen LogP contribution is -2.38. The van der Waals surface area contributed by atoms with Crippen molar-refractivity contribution >= 4 is 5.95 Å². The first-order valence-corrected chi connectivity index (χ1v) is 10.5. The fraction of sp³-hybridized carbons (Fsp3) is 0.636. The van der Waals surface area contributed by atoms with Crippen molar-refractivity contribution in [1.29, 1.82) is 0 Å². The molecule has 2 aliphatic heterocycles. The van der Waals surface area contributed by atoms with Gasteiger partial charge in [-0.05, 0) is 61.3 Å². The van der Waals surface area contributed by atoms with Crippen molar-refractivity contribution in [2.24, 2.45) is 11.8 Å². The molecule has 0 bridgehead atoms. The molecule has 0 N–H and O–H groups in total. The van der Waals surface area contributed by atoms with E-state index in [2.05, 4.69) is 64.1 Å². The molecule has 27 heavy (non-hydrogen) atoms. The van der Waals surface area contributed by atoms with Crippen LogP contribution in [0.25, 0.3) is 0 Å². The van der Waals surface area contributed by atoms with E-state index in [1.165, 1.54) is 50.9 Å². The van der Waals surface area contributed by atoms with Gasteiger partial charge in [0, 0.05) is 25.6 Å². The first kappa shape index (κ1) is 18.5. The Morgan fingerprint density at radius 2 is 1.78 bits per heavy atom. The summed E-state index contributed by atoms with van der Waals surface area (Å²) in [6, 6.07) is 10.9. The maximum Gasteiger partial charge on any atom is 0.266 e. The van der Waals surface area contributed by atoms with Crippen LogP contribution in [0, 0.1) is 11.8 Å². The molecule has 2 saturated heterocycles. The Labute approximate surface area is 162 Å². The summed E-state index contributed by atoms with van der Waals surface area (Å²) in [4.78, 5) is 9.54. The third-order valence-electron chi connectivity index (χ3n) is 6.29. The molecular formula is C22H32N4O. The summed E-state index contributed by atoms with van der Waals surface area (Å²) in [5, 5.41) is 4.20. The molecule has 5 nitrogen and oxygen atoms in total. The predicted molar refractivity (Wildman–Crippen MR) is 108 cm³/mol. The van der Waals surface area contributed by atoms with Gasteiger partial charge >= 0.3 is 0 Å². The second-order valence-corrected chi connectivity index (χ2v) is 8.50. The average molecular weight is 369 g/mol. The highest BCUT2D eigenvalue weighted by molar-refractivity contribution is 5.30. The van der Waals surface area contributed by atoms with Gasteiger partial charge in [0.05, 0.1) is 0 Å². The van der Waals surface area contributed by atoms with Crippen LogP contribution >= 0.6 is 0 Å². The second-order valence-electron chi connectivity index (χ2n) is 8.50. The molecule has 2 aliphatic rings. The zero-order valence-corrected chi connectivity index (χ0v) is 16.7. The van der Waals surface area contributed by atoms with Crippen LogP contribution in [-0.4, -0.2) is 47.8 Å². The van der Waals surface area contributed by atoms with E-state index in [9.17, 15) is 0 Å². The van der Waals surface area contributed by atoms with Crippen LogP contribution in [0.2, 0.25) is 0 Å². The number of benzene rings is 1. The van der Waals surface area contributed by atoms with Gasteiger partial charge in [-0.1, -0.05) is 44.2 Å². The van der Waals surface area contributed by atoms with Gasteiger partial charge in [-0.2, -0.15) is 4.98 Å². The van der Waals surface area contributed by atoms with Gasteiger partial charge in [-0.3, -0.25) is 0 Å². The van der Waals surface area contributed by atoms with E-state index in [4.69, 9.17) is 4.52 Å². The summed E-state index contributed by atoms with van der Waals surface area (Å²) in [5.41, 5.74) is 1.45. The summed E-state index contributed by atoms with van der Waals surface area (Å²) in [6.45, 7) is 10.0. The minimum atomic E-state index is 0.296. The van der Waals surface area contributed by atoms with Crippen molar-refractivity contribution in [1.82, 2.24) is 15.0 Å². The van der Waals surface area contributed by atoms with E-state index in [0.717, 1.165) is 36.8 Å². The molecule has 5 heteroatoms. The van der Waals surface area contributed by atoms with Crippen LogP contribution in [0.4, 0.5) is 5.95 Å². The van der Waals surface area contributed by atoms with Crippen LogP contribution < -0.4 is 4.90 Å². The number of anilines is 1. The molecule has 1 aromatic carbocycles. The normalized spacial score (nSPS) is 22.0. The second kappa shape index (κ2) is 8.42. The number of nitrogens with zero attached hydrogens (tertiary/aromatic N) is 4. The molecule has 1 atom stereocenters. The predicted octanol–water partition coefficient (Wildman–Crippen LogP) is 3.97. The molecule has 1 aromatic heterocycles. The Morgan fingerprint density at radius 3 is 2.48 bits per heavy atom. The van der Waals surface area contributed by atoms with Crippen LogP contribution in [0.1, 0.15) is 50.5 Å². The molecule has 0 aliphatic carbocycles. The van der Waals surface area contributed by atoms with E-state index in [1.807, 2.05) is 0 Å². The molecular weight excluding hydrogens is 336 g/mol. The topological polar surface area (TPSA) is 45.4 Å². The Bertz CT molecular complexity index is 706. The quantitative estimate of drug-likeness (QED) is 0.772. The van der Waals surface area contributed by atoms with Crippen molar-refractivity contribution in [3.05, 3.63) is 41.8 Å². The Hall–Kier alpha value is -1.88. The molecule has 4 rings (SSSR count). The van der Waals surface area contributed by atoms with Gasteiger partial charge in [0.1, 0.15) is 0 Å². The van der Waals surface area contributed by atoms with E-state index in [-0.39, 0.29) is 0 Å². The maximum atomic E-state index is 5.39. The molecule has 2 aromatic rings. The minimum Gasteiger partial charge on any atom is -0.338 e. The number of likely N-dealkylation sites (tertiary alicyclic amines) is 1. The van der Waals surface area contributed by atoms with Crippen LogP contribution in [0.5, 0.6) is 0 Å². The van der Waals surface area contributed by atoms with Crippen LogP contribution in [-0.2, 0) is 6.42 Å². The SMILES string of the molecule is CC(C)c1nc(N2CC[C@H](C3CCN(CCc4ccccc4)CC3)C2)no1. The summed E-state index contributed by atoms with van der Waals surface area (Å²) in [6.07, 6.45) is 5.09. The monoisotopic (exact) mass is 368 g/mol. The van der Waals surface area contributed by atoms with Gasteiger partial charge in [-0.15, -0.1) is 0 Å². The standard InChI is InChI=1S/C22H32N4O/c1-17(2)21-23-22(24-27-21)26-15-11-20(16-26)19-9-13-25(14-10-19)12-8-18-6-4-3-5-7-18/h3-7,17,19-20H,8-16H2,1-2H3/t20-/m0/s1. The largest absolute Gasteiger partial charge is 0.338 e. The van der Waals surface area contributed by atoms with Crippen LogP contribution in [0.3, 0.4) is 0 Å². The number of hydrogen-bond acceptors (Lipinski definition) is 5. The smallest absolute Gasteiger partial charge is 0.266 e. The van der Waals surface area contributed by atoms with Crippen molar-refractivity contribution in [3.8, 4) is 0 Å². The molecule has 0 radical (unpaired) electrons. The van der Waals surface area contributed by atoms with E-state index >= 15 is 0 Å². The fourth-order valence-corrected chi connectivity index (χ4v) is 4.52. The highest BCUT2D eigenvalue weighted by Gasteiger charge is 2.33. The van der Waals surface area contributed by atoms with E-state index in [0.29, 0.717) is 5.92 Å². The zero-order valence-electron chi connectivity index (χ0n) is 16.7. The minimum absolute atomic E-state index is 0.296. The maximum absolute atomic E-state index is 5.39. The third kappa shape index (κ3) is 4.52. The highest BCUT2D eigenvalue weighted by atomic mass is 16.5. The van der Waals surface area contributed by atoms with Gasteiger partial charge < -0.3 is 14.3 Å². The zero-order chi connectivity index (χ0) is 18.6. The van der Waals surface area contributed by atoms with Crippen LogP contribution in [0.15, 0.2) is 34.9 Å². The first-order chi connectivity index (χ1) is 13.2. The lowest BCUT2D eigenvalue weighted by atomic mass is 9.83. The summed E-state index contributed by atoms with van der Waals surface area (Å²) < 4.78 is 5.39. The summed E-state index contributed by atoms with van der Waals surface area (Å²) in [7, 11) is 0.